The molecule has 2 rings (SSSR count). The highest BCUT2D eigenvalue weighted by Gasteiger charge is 1.96. The van der Waals surface area contributed by atoms with E-state index in [1.165, 1.54) is 6.40 Å². The molecule has 0 aromatic carbocycles. The Morgan fingerprint density at radius 1 is 1.36 bits per heavy atom. The van der Waals surface area contributed by atoms with Gasteiger partial charge in [-0.2, -0.15) is 0 Å². The van der Waals surface area contributed by atoms with Crippen molar-refractivity contribution < 1.29 is 9.47 Å². The fourth-order valence-electron chi connectivity index (χ4n) is 0.706. The summed E-state index contributed by atoms with van der Waals surface area (Å²) in [6.07, 6.45) is 1.49. The summed E-state index contributed by atoms with van der Waals surface area (Å²) >= 11 is 0. The summed E-state index contributed by atoms with van der Waals surface area (Å²) in [7, 11) is 0. The topological polar surface area (TPSA) is 43.2 Å². The minimum Gasteiger partial charge on any atom is -0.482 e. The molecule has 0 aromatic rings. The van der Waals surface area contributed by atoms with Crippen molar-refractivity contribution in [2.45, 2.75) is 6.92 Å². The normalized spacial score (nSPS) is 19.5. The van der Waals surface area contributed by atoms with Gasteiger partial charge in [0.25, 0.3) is 0 Å². The first-order valence-corrected chi connectivity index (χ1v) is 3.63. The van der Waals surface area contributed by atoms with Crippen LogP contribution in [0.15, 0.2) is 9.98 Å². The van der Waals surface area contributed by atoms with E-state index in [1.807, 2.05) is 6.92 Å². The number of rotatable bonds is 0. The maximum atomic E-state index is 4.90. The molecule has 0 unspecified atom stereocenters. The largest absolute Gasteiger partial charge is 0.482 e. The number of hydrogen-bond acceptors (Lipinski definition) is 4. The van der Waals surface area contributed by atoms with Crippen LogP contribution in [0, 0.1) is 0 Å². The van der Waals surface area contributed by atoms with Crippen LogP contribution in [-0.4, -0.2) is 38.6 Å². The smallest absolute Gasteiger partial charge is 0.180 e. The number of aliphatic imine (C=N–C) groups is 2. The van der Waals surface area contributed by atoms with Crippen molar-refractivity contribution in [2.24, 2.45) is 9.98 Å². The molecule has 0 aliphatic carbocycles. The molecule has 0 fully saturated rings. The van der Waals surface area contributed by atoms with Crippen LogP contribution in [0.4, 0.5) is 0 Å². The third kappa shape index (κ3) is 3.60. The summed E-state index contributed by atoms with van der Waals surface area (Å²) in [6.45, 7) is 5.13. The Labute approximate surface area is 65.9 Å². The zero-order chi connectivity index (χ0) is 7.94. The van der Waals surface area contributed by atoms with Gasteiger partial charge in [-0.3, -0.25) is 9.98 Å². The SMILES string of the molecule is C1=NCCO1.CC1=NCCO1. The van der Waals surface area contributed by atoms with E-state index in [2.05, 4.69) is 14.7 Å². The lowest BCUT2D eigenvalue weighted by molar-refractivity contribution is 0.345. The predicted octanol–water partition coefficient (Wildman–Crippen LogP) is 0.480. The Balaban J connectivity index is 0.000000112. The number of hydrogen-bond donors (Lipinski definition) is 0. The Kier molecular flexibility index (Phi) is 3.44. The molecule has 0 radical (unpaired) electrons. The lowest BCUT2D eigenvalue weighted by atomic mass is 10.8. The second-order valence-corrected chi connectivity index (χ2v) is 2.13. The standard InChI is InChI=1S/C4H7NO.C3H5NO/c1-4-5-2-3-6-4;1-2-5-3-4-1/h2-3H2,1H3;3H,1-2H2. The van der Waals surface area contributed by atoms with Crippen LogP contribution in [0.5, 0.6) is 0 Å². The van der Waals surface area contributed by atoms with Crippen LogP contribution >= 0.6 is 0 Å². The van der Waals surface area contributed by atoms with Crippen molar-refractivity contribution in [1.82, 2.24) is 0 Å². The molecule has 0 amide bonds. The van der Waals surface area contributed by atoms with Crippen LogP contribution in [0.2, 0.25) is 0 Å². The second kappa shape index (κ2) is 4.71. The van der Waals surface area contributed by atoms with Gasteiger partial charge in [0.15, 0.2) is 12.3 Å². The minimum absolute atomic E-state index is 0.778. The third-order valence-corrected chi connectivity index (χ3v) is 1.22. The number of nitrogens with zero attached hydrogens (tertiary/aromatic N) is 2. The van der Waals surface area contributed by atoms with Crippen molar-refractivity contribution in [3.63, 3.8) is 0 Å². The van der Waals surface area contributed by atoms with Gasteiger partial charge in [-0.25, -0.2) is 0 Å². The van der Waals surface area contributed by atoms with Crippen molar-refractivity contribution in [3.05, 3.63) is 0 Å². The minimum atomic E-state index is 0.778. The van der Waals surface area contributed by atoms with Gasteiger partial charge in [-0.05, 0) is 0 Å². The van der Waals surface area contributed by atoms with E-state index >= 15 is 0 Å². The van der Waals surface area contributed by atoms with Crippen molar-refractivity contribution >= 4 is 12.3 Å². The van der Waals surface area contributed by atoms with Gasteiger partial charge in [0, 0.05) is 6.92 Å². The number of ether oxygens (including phenoxy) is 2. The zero-order valence-electron chi connectivity index (χ0n) is 6.62. The average molecular weight is 156 g/mol. The first-order valence-electron chi connectivity index (χ1n) is 3.63. The van der Waals surface area contributed by atoms with Crippen molar-refractivity contribution in [2.75, 3.05) is 26.3 Å². The average Bonchev–Trinajstić information content (AvgIpc) is 2.57. The quantitative estimate of drug-likeness (QED) is 0.512. The molecule has 4 heteroatoms. The van der Waals surface area contributed by atoms with Crippen LogP contribution in [0.25, 0.3) is 0 Å². The molecular formula is C7H12N2O2. The van der Waals surface area contributed by atoms with E-state index in [1.54, 1.807) is 0 Å². The maximum Gasteiger partial charge on any atom is 0.180 e. The van der Waals surface area contributed by atoms with Crippen LogP contribution in [0.3, 0.4) is 0 Å². The molecule has 0 bridgehead atoms. The summed E-state index contributed by atoms with van der Waals surface area (Å²) in [4.78, 5) is 7.67. The molecule has 4 nitrogen and oxygen atoms in total. The molecule has 11 heavy (non-hydrogen) atoms. The molecule has 62 valence electrons. The first kappa shape index (κ1) is 8.04. The van der Waals surface area contributed by atoms with Gasteiger partial charge in [0.2, 0.25) is 0 Å². The summed E-state index contributed by atoms with van der Waals surface area (Å²) in [6, 6.07) is 0. The molecule has 2 aliphatic heterocycles. The molecule has 2 aliphatic rings. The van der Waals surface area contributed by atoms with E-state index in [-0.39, 0.29) is 0 Å². The lowest BCUT2D eigenvalue weighted by Gasteiger charge is -1.86. The Morgan fingerprint density at radius 2 is 2.27 bits per heavy atom. The van der Waals surface area contributed by atoms with Gasteiger partial charge < -0.3 is 9.47 Å². The fraction of sp³-hybridized carbons (Fsp3) is 0.714. The van der Waals surface area contributed by atoms with E-state index in [4.69, 9.17) is 4.74 Å². The van der Waals surface area contributed by atoms with Gasteiger partial charge in [0.05, 0.1) is 13.1 Å². The third-order valence-electron chi connectivity index (χ3n) is 1.22. The Hall–Kier alpha value is -1.06. The molecule has 0 N–H and O–H groups in total. The molecule has 0 atom stereocenters. The van der Waals surface area contributed by atoms with Gasteiger partial charge >= 0.3 is 0 Å². The molecule has 0 aromatic heterocycles. The Morgan fingerprint density at radius 3 is 2.45 bits per heavy atom. The van der Waals surface area contributed by atoms with Gasteiger partial charge in [-0.1, -0.05) is 0 Å². The highest BCUT2D eigenvalue weighted by Crippen LogP contribution is 1.89. The summed E-state index contributed by atoms with van der Waals surface area (Å²) in [5, 5.41) is 0. The lowest BCUT2D eigenvalue weighted by Crippen LogP contribution is -1.89. The zero-order valence-corrected chi connectivity index (χ0v) is 6.62. The van der Waals surface area contributed by atoms with Crippen molar-refractivity contribution in [3.8, 4) is 0 Å². The maximum absolute atomic E-state index is 4.90. The van der Waals surface area contributed by atoms with Crippen LogP contribution in [-0.2, 0) is 9.47 Å². The highest BCUT2D eigenvalue weighted by molar-refractivity contribution is 5.74. The highest BCUT2D eigenvalue weighted by atomic mass is 16.5. The van der Waals surface area contributed by atoms with E-state index in [0.717, 1.165) is 32.2 Å². The predicted molar refractivity (Wildman–Crippen MR) is 43.2 cm³/mol. The van der Waals surface area contributed by atoms with E-state index < -0.39 is 0 Å². The molecule has 0 spiro atoms. The second-order valence-electron chi connectivity index (χ2n) is 2.13. The van der Waals surface area contributed by atoms with Gasteiger partial charge in [-0.15, -0.1) is 0 Å². The first-order chi connectivity index (χ1) is 5.39. The summed E-state index contributed by atoms with van der Waals surface area (Å²) in [5.41, 5.74) is 0. The summed E-state index contributed by atoms with van der Waals surface area (Å²) < 4.78 is 9.56. The molecule has 2 heterocycles. The Bertz CT molecular complexity index is 160. The monoisotopic (exact) mass is 156 g/mol. The van der Waals surface area contributed by atoms with Crippen LogP contribution in [0.1, 0.15) is 6.92 Å². The molecular weight excluding hydrogens is 144 g/mol. The molecule has 0 saturated heterocycles. The van der Waals surface area contributed by atoms with Crippen molar-refractivity contribution in [1.29, 1.82) is 0 Å². The fourth-order valence-corrected chi connectivity index (χ4v) is 0.706. The van der Waals surface area contributed by atoms with E-state index in [0.29, 0.717) is 0 Å². The summed E-state index contributed by atoms with van der Waals surface area (Å²) in [5.74, 6) is 0.829. The van der Waals surface area contributed by atoms with Gasteiger partial charge in [0.1, 0.15) is 13.2 Å². The van der Waals surface area contributed by atoms with E-state index in [9.17, 15) is 0 Å². The molecule has 0 saturated carbocycles. The van der Waals surface area contributed by atoms with Crippen LogP contribution < -0.4 is 0 Å².